The number of benzene rings is 3. The van der Waals surface area contributed by atoms with Gasteiger partial charge in [-0.3, -0.25) is 20.2 Å². The zero-order valence-electron chi connectivity index (χ0n) is 15.2. The number of nitrogens with zero attached hydrogens (tertiary/aromatic N) is 3. The third-order valence-corrected chi connectivity index (χ3v) is 5.36. The Morgan fingerprint density at radius 2 is 1.93 bits per heavy atom. The molecule has 0 unspecified atom stereocenters. The summed E-state index contributed by atoms with van der Waals surface area (Å²) >= 11 is 1.37. The Bertz CT molecular complexity index is 1230. The molecule has 1 aromatic heterocycles. The average molecular weight is 392 g/mol. The zero-order chi connectivity index (χ0) is 19.8. The van der Waals surface area contributed by atoms with Gasteiger partial charge in [0.15, 0.2) is 5.13 Å². The van der Waals surface area contributed by atoms with E-state index in [1.54, 1.807) is 25.1 Å². The van der Waals surface area contributed by atoms with Gasteiger partial charge in [0.25, 0.3) is 11.6 Å². The Kier molecular flexibility index (Phi) is 4.40. The topological polar surface area (TPSA) is 88.4 Å². The fourth-order valence-electron chi connectivity index (χ4n) is 3.09. The molecule has 0 fully saturated rings. The van der Waals surface area contributed by atoms with Crippen LogP contribution < -0.4 is 10.2 Å². The predicted octanol–water partition coefficient (Wildman–Crippen LogP) is 4.68. The highest BCUT2D eigenvalue weighted by Gasteiger charge is 2.19. The van der Waals surface area contributed by atoms with Crippen molar-refractivity contribution >= 4 is 54.7 Å². The van der Waals surface area contributed by atoms with E-state index in [4.69, 9.17) is 0 Å². The van der Waals surface area contributed by atoms with Crippen molar-refractivity contribution in [2.75, 3.05) is 24.3 Å². The minimum Gasteiger partial charge on any atom is -0.377 e. The number of nitro groups is 1. The molecule has 0 saturated carbocycles. The summed E-state index contributed by atoms with van der Waals surface area (Å²) in [6.07, 6.45) is 0. The van der Waals surface area contributed by atoms with Crippen molar-refractivity contribution in [3.63, 3.8) is 0 Å². The molecule has 1 amide bonds. The number of anilines is 2. The van der Waals surface area contributed by atoms with Gasteiger partial charge in [-0.1, -0.05) is 41.7 Å². The van der Waals surface area contributed by atoms with E-state index >= 15 is 0 Å². The van der Waals surface area contributed by atoms with Gasteiger partial charge in [-0.15, -0.1) is 0 Å². The summed E-state index contributed by atoms with van der Waals surface area (Å²) in [7, 11) is 3.56. The first-order chi connectivity index (χ1) is 13.4. The number of hydrogen-bond acceptors (Lipinski definition) is 6. The molecule has 3 aromatic carbocycles. The van der Waals surface area contributed by atoms with Crippen LogP contribution in [0.1, 0.15) is 10.4 Å². The maximum absolute atomic E-state index is 12.9. The zero-order valence-corrected chi connectivity index (χ0v) is 16.0. The summed E-state index contributed by atoms with van der Waals surface area (Å²) in [6.45, 7) is 0. The molecule has 1 N–H and O–H groups in total. The Morgan fingerprint density at radius 3 is 2.68 bits per heavy atom. The second-order valence-corrected chi connectivity index (χ2v) is 7.49. The van der Waals surface area contributed by atoms with Gasteiger partial charge in [-0.25, -0.2) is 4.98 Å². The van der Waals surface area contributed by atoms with E-state index in [0.717, 1.165) is 21.0 Å². The molecule has 140 valence electrons. The Balaban J connectivity index is 1.73. The maximum atomic E-state index is 12.9. The molecule has 0 saturated heterocycles. The molecule has 28 heavy (non-hydrogen) atoms. The summed E-state index contributed by atoms with van der Waals surface area (Å²) in [4.78, 5) is 29.8. The van der Waals surface area contributed by atoms with Gasteiger partial charge in [0.05, 0.1) is 20.7 Å². The lowest BCUT2D eigenvalue weighted by Crippen LogP contribution is -2.18. The monoisotopic (exact) mass is 392 g/mol. The van der Waals surface area contributed by atoms with E-state index in [1.165, 1.54) is 23.5 Å². The number of carbonyl (C=O) groups is 1. The van der Waals surface area contributed by atoms with Crippen molar-refractivity contribution in [2.45, 2.75) is 0 Å². The Morgan fingerprint density at radius 1 is 1.14 bits per heavy atom. The normalized spacial score (nSPS) is 10.9. The van der Waals surface area contributed by atoms with E-state index in [1.807, 2.05) is 36.4 Å². The first-order valence-corrected chi connectivity index (χ1v) is 9.31. The van der Waals surface area contributed by atoms with Crippen LogP contribution in [0.2, 0.25) is 0 Å². The van der Waals surface area contributed by atoms with Crippen molar-refractivity contribution in [1.82, 2.24) is 4.98 Å². The number of non-ortho nitro benzene ring substituents is 1. The molecular weight excluding hydrogens is 376 g/mol. The van der Waals surface area contributed by atoms with Crippen molar-refractivity contribution in [3.8, 4) is 0 Å². The van der Waals surface area contributed by atoms with Crippen LogP contribution in [0, 0.1) is 10.1 Å². The smallest absolute Gasteiger partial charge is 0.270 e. The van der Waals surface area contributed by atoms with Crippen LogP contribution in [0.15, 0.2) is 54.6 Å². The van der Waals surface area contributed by atoms with Gasteiger partial charge >= 0.3 is 0 Å². The van der Waals surface area contributed by atoms with Crippen LogP contribution >= 0.6 is 11.3 Å². The molecule has 0 aliphatic rings. The second-order valence-electron chi connectivity index (χ2n) is 6.46. The van der Waals surface area contributed by atoms with Crippen LogP contribution in [0.4, 0.5) is 16.5 Å². The number of fused-ring (bicyclic) bond motifs is 3. The number of carbonyl (C=O) groups excluding carboxylic acids is 1. The van der Waals surface area contributed by atoms with Gasteiger partial charge in [0, 0.05) is 37.3 Å². The number of nitro benzene ring substituents is 1. The molecule has 0 radical (unpaired) electrons. The van der Waals surface area contributed by atoms with Gasteiger partial charge in [0.2, 0.25) is 0 Å². The third-order valence-electron chi connectivity index (χ3n) is 4.42. The minimum atomic E-state index is -0.514. The van der Waals surface area contributed by atoms with Gasteiger partial charge in [0.1, 0.15) is 0 Å². The van der Waals surface area contributed by atoms with E-state index in [0.29, 0.717) is 10.8 Å². The molecule has 0 bridgehead atoms. The number of rotatable bonds is 4. The van der Waals surface area contributed by atoms with E-state index < -0.39 is 10.8 Å². The maximum Gasteiger partial charge on any atom is 0.270 e. The van der Waals surface area contributed by atoms with Gasteiger partial charge in [-0.05, 0) is 17.5 Å². The number of hydrogen-bond donors (Lipinski definition) is 1. The molecular formula is C20H16N4O3S. The number of thiazole rings is 1. The highest BCUT2D eigenvalue weighted by molar-refractivity contribution is 7.22. The molecule has 8 heteroatoms. The summed E-state index contributed by atoms with van der Waals surface area (Å²) in [5.74, 6) is -0.434. The predicted molar refractivity (Wildman–Crippen MR) is 113 cm³/mol. The van der Waals surface area contributed by atoms with Gasteiger partial charge in [-0.2, -0.15) is 0 Å². The van der Waals surface area contributed by atoms with Crippen LogP contribution in [-0.4, -0.2) is 29.9 Å². The Hall–Kier alpha value is -3.52. The molecule has 0 spiro atoms. The summed E-state index contributed by atoms with van der Waals surface area (Å²) < 4.78 is 0.959. The molecule has 0 aliphatic heterocycles. The summed E-state index contributed by atoms with van der Waals surface area (Å²) in [5.41, 5.74) is 1.51. The standard InChI is InChI=1S/C20H16N4O3S/c1-23(2)16-9-8-13(24(26)27)11-15(16)19(25)22-20-21-18-14-6-4-3-5-12(14)7-10-17(18)28-20/h3-11H,1-2H3,(H,21,22,25). The van der Waals surface area contributed by atoms with E-state index in [2.05, 4.69) is 10.3 Å². The van der Waals surface area contributed by atoms with Crippen molar-refractivity contribution in [3.05, 3.63) is 70.3 Å². The van der Waals surface area contributed by atoms with Crippen LogP contribution in [0.5, 0.6) is 0 Å². The average Bonchev–Trinajstić information content (AvgIpc) is 3.10. The van der Waals surface area contributed by atoms with Crippen LogP contribution in [-0.2, 0) is 0 Å². The lowest BCUT2D eigenvalue weighted by Gasteiger charge is -2.16. The molecule has 0 aliphatic carbocycles. The molecule has 0 atom stereocenters. The Labute approximate surface area is 164 Å². The summed E-state index contributed by atoms with van der Waals surface area (Å²) in [5, 5.41) is 16.4. The van der Waals surface area contributed by atoms with Crippen LogP contribution in [0.3, 0.4) is 0 Å². The van der Waals surface area contributed by atoms with E-state index in [-0.39, 0.29) is 11.3 Å². The second kappa shape index (κ2) is 6.90. The first kappa shape index (κ1) is 17.9. The number of nitrogens with one attached hydrogen (secondary N) is 1. The lowest BCUT2D eigenvalue weighted by atomic mass is 10.1. The lowest BCUT2D eigenvalue weighted by molar-refractivity contribution is -0.384. The van der Waals surface area contributed by atoms with Gasteiger partial charge < -0.3 is 4.90 Å². The fraction of sp³-hybridized carbons (Fsp3) is 0.100. The SMILES string of the molecule is CN(C)c1ccc([N+](=O)[O-])cc1C(=O)Nc1nc2c(ccc3ccccc32)s1. The van der Waals surface area contributed by atoms with Crippen molar-refractivity contribution in [2.24, 2.45) is 0 Å². The molecule has 4 rings (SSSR count). The van der Waals surface area contributed by atoms with Crippen molar-refractivity contribution < 1.29 is 9.72 Å². The largest absolute Gasteiger partial charge is 0.377 e. The quantitative estimate of drug-likeness (QED) is 0.402. The molecule has 1 heterocycles. The minimum absolute atomic E-state index is 0.133. The third kappa shape index (κ3) is 3.14. The van der Waals surface area contributed by atoms with Crippen LogP contribution in [0.25, 0.3) is 21.0 Å². The number of amides is 1. The highest BCUT2D eigenvalue weighted by Crippen LogP contribution is 2.32. The highest BCUT2D eigenvalue weighted by atomic mass is 32.1. The summed E-state index contributed by atoms with van der Waals surface area (Å²) in [6, 6.07) is 16.2. The molecule has 7 nitrogen and oxygen atoms in total. The van der Waals surface area contributed by atoms with E-state index in [9.17, 15) is 14.9 Å². The molecule has 4 aromatic rings. The van der Waals surface area contributed by atoms with Crippen molar-refractivity contribution in [1.29, 1.82) is 0 Å². The number of aromatic nitrogens is 1. The first-order valence-electron chi connectivity index (χ1n) is 8.49. The fourth-order valence-corrected chi connectivity index (χ4v) is 3.97.